The van der Waals surface area contributed by atoms with E-state index < -0.39 is 35.7 Å². The lowest BCUT2D eigenvalue weighted by atomic mass is 9.60. The van der Waals surface area contributed by atoms with Crippen LogP contribution in [0.15, 0.2) is 23.3 Å². The van der Waals surface area contributed by atoms with Gasteiger partial charge >= 0.3 is 0 Å². The van der Waals surface area contributed by atoms with Crippen LogP contribution in [0.1, 0.15) is 137 Å². The van der Waals surface area contributed by atoms with Gasteiger partial charge in [0.05, 0.1) is 18.6 Å². The Morgan fingerprint density at radius 3 is 2.05 bits per heavy atom. The molecule has 0 aliphatic heterocycles. The molecule has 0 radical (unpaired) electrons. The van der Waals surface area contributed by atoms with Crippen molar-refractivity contribution >= 4 is 5.78 Å². The van der Waals surface area contributed by atoms with Crippen LogP contribution in [0.3, 0.4) is 0 Å². The van der Waals surface area contributed by atoms with Gasteiger partial charge in [-0.3, -0.25) is 4.79 Å². The number of carbonyl (C=O) groups is 1. The zero-order valence-electron chi connectivity index (χ0n) is 27.9. The van der Waals surface area contributed by atoms with Crippen LogP contribution in [0.25, 0.3) is 0 Å². The Morgan fingerprint density at radius 1 is 0.930 bits per heavy atom. The number of fused-ring (bicyclic) bond motifs is 3. The number of carbonyl (C=O) groups excluding carboxylic acids is 1. The zero-order valence-corrected chi connectivity index (χ0v) is 27.9. The van der Waals surface area contributed by atoms with Crippen molar-refractivity contribution in [1.82, 2.24) is 0 Å². The lowest BCUT2D eigenvalue weighted by Gasteiger charge is -2.47. The van der Waals surface area contributed by atoms with Crippen LogP contribution in [-0.4, -0.2) is 52.1 Å². The van der Waals surface area contributed by atoms with E-state index in [1.54, 1.807) is 6.08 Å². The molecular weight excluding hydrogens is 540 g/mol. The molecular formula is C37H62O6. The third-order valence-corrected chi connectivity index (χ3v) is 11.7. The van der Waals surface area contributed by atoms with Gasteiger partial charge in [0.1, 0.15) is 17.8 Å². The lowest BCUT2D eigenvalue weighted by molar-refractivity contribution is -0.354. The third-order valence-electron chi connectivity index (χ3n) is 11.7. The van der Waals surface area contributed by atoms with Crippen molar-refractivity contribution in [2.75, 3.05) is 13.2 Å². The second-order valence-electron chi connectivity index (χ2n) is 15.3. The first-order chi connectivity index (χ1) is 20.6. The molecule has 8 atom stereocenters. The molecule has 2 bridgehead atoms. The summed E-state index contributed by atoms with van der Waals surface area (Å²) < 4.78 is 0. The van der Waals surface area contributed by atoms with Gasteiger partial charge in [0, 0.05) is 5.92 Å². The van der Waals surface area contributed by atoms with Gasteiger partial charge in [-0.1, -0.05) is 123 Å². The van der Waals surface area contributed by atoms with E-state index in [1.807, 2.05) is 13.0 Å². The Bertz CT molecular complexity index is 986. The van der Waals surface area contributed by atoms with Crippen molar-refractivity contribution in [1.29, 1.82) is 0 Å². The van der Waals surface area contributed by atoms with Crippen molar-refractivity contribution in [3.8, 4) is 0 Å². The molecule has 0 saturated heterocycles. The molecule has 0 amide bonds. The van der Waals surface area contributed by atoms with Crippen LogP contribution >= 0.6 is 0 Å². The first-order valence-electron chi connectivity index (χ1n) is 17.8. The summed E-state index contributed by atoms with van der Waals surface area (Å²) in [5.41, 5.74) is -2.21. The van der Waals surface area contributed by atoms with Crippen molar-refractivity contribution < 1.29 is 29.9 Å². The van der Waals surface area contributed by atoms with Gasteiger partial charge < -0.3 is 15.3 Å². The van der Waals surface area contributed by atoms with E-state index in [1.165, 1.54) is 77.0 Å². The Balaban J connectivity index is 1.26. The minimum Gasteiger partial charge on any atom is -0.392 e. The smallest absolute Gasteiger partial charge is 0.153 e. The number of aliphatic hydroxyl groups excluding tert-OH is 2. The van der Waals surface area contributed by atoms with E-state index in [0.717, 1.165) is 19.3 Å². The number of hydrogen-bond donors (Lipinski definition) is 3. The molecule has 43 heavy (non-hydrogen) atoms. The average Bonchev–Trinajstić information content (AvgIpc) is 3.43. The van der Waals surface area contributed by atoms with Crippen molar-refractivity contribution in [2.24, 2.45) is 34.5 Å². The minimum atomic E-state index is -1.94. The van der Waals surface area contributed by atoms with Gasteiger partial charge in [-0.25, -0.2) is 9.78 Å². The Labute approximate surface area is 261 Å². The molecule has 6 heteroatoms. The monoisotopic (exact) mass is 602 g/mol. The van der Waals surface area contributed by atoms with Gasteiger partial charge in [-0.15, -0.1) is 0 Å². The summed E-state index contributed by atoms with van der Waals surface area (Å²) in [6.45, 7) is 10.7. The van der Waals surface area contributed by atoms with Crippen LogP contribution in [-0.2, 0) is 14.6 Å². The largest absolute Gasteiger partial charge is 0.392 e. The summed E-state index contributed by atoms with van der Waals surface area (Å²) in [4.78, 5) is 26.0. The van der Waals surface area contributed by atoms with Crippen LogP contribution in [0.5, 0.6) is 0 Å². The number of Topliss-reactive ketones (excluding diaryl/α,β-unsaturated/α-hetero) is 1. The number of hydrogen-bond acceptors (Lipinski definition) is 6. The predicted octanol–water partition coefficient (Wildman–Crippen LogP) is 7.64. The summed E-state index contributed by atoms with van der Waals surface area (Å²) in [6.07, 6.45) is 20.6. The van der Waals surface area contributed by atoms with E-state index in [2.05, 4.69) is 27.7 Å². The van der Waals surface area contributed by atoms with Gasteiger partial charge in [0.25, 0.3) is 0 Å². The molecule has 2 fully saturated rings. The molecule has 4 aliphatic carbocycles. The quantitative estimate of drug-likeness (QED) is 0.0646. The highest BCUT2D eigenvalue weighted by Crippen LogP contribution is 2.69. The SMILES string of the molecule is CCCCCCCCCCCCCCCCOOC1C(C)=CC23CC(C)CC4C(C(C=C(CO)C(O)C12O)C3=O)C4(C)C. The minimum absolute atomic E-state index is 0.00845. The zero-order chi connectivity index (χ0) is 31.3. The van der Waals surface area contributed by atoms with Crippen LogP contribution in [0.2, 0.25) is 0 Å². The number of allylic oxidation sites excluding steroid dienone is 1. The third kappa shape index (κ3) is 7.04. The molecule has 0 aromatic carbocycles. The van der Waals surface area contributed by atoms with Crippen molar-refractivity contribution in [3.05, 3.63) is 23.3 Å². The molecule has 0 aromatic rings. The Morgan fingerprint density at radius 2 is 1.49 bits per heavy atom. The average molecular weight is 603 g/mol. The van der Waals surface area contributed by atoms with E-state index in [9.17, 15) is 20.1 Å². The number of aliphatic hydroxyl groups is 3. The molecule has 0 heterocycles. The maximum atomic E-state index is 14.5. The highest BCUT2D eigenvalue weighted by molar-refractivity contribution is 5.94. The lowest BCUT2D eigenvalue weighted by Crippen LogP contribution is -2.64. The highest BCUT2D eigenvalue weighted by atomic mass is 17.2. The molecule has 3 N–H and O–H groups in total. The maximum absolute atomic E-state index is 14.5. The summed E-state index contributed by atoms with van der Waals surface area (Å²) in [6, 6.07) is 0. The molecule has 4 rings (SSSR count). The van der Waals surface area contributed by atoms with Crippen LogP contribution in [0.4, 0.5) is 0 Å². The van der Waals surface area contributed by atoms with E-state index in [4.69, 9.17) is 9.78 Å². The topological polar surface area (TPSA) is 96.2 Å². The molecule has 246 valence electrons. The summed E-state index contributed by atoms with van der Waals surface area (Å²) >= 11 is 0. The predicted molar refractivity (Wildman–Crippen MR) is 171 cm³/mol. The molecule has 1 spiro atoms. The van der Waals surface area contributed by atoms with E-state index in [-0.39, 0.29) is 23.0 Å². The second-order valence-corrected chi connectivity index (χ2v) is 15.3. The Kier molecular flexibility index (Phi) is 12.2. The van der Waals surface area contributed by atoms with E-state index in [0.29, 0.717) is 30.1 Å². The van der Waals surface area contributed by atoms with Crippen molar-refractivity contribution in [2.45, 2.75) is 155 Å². The molecule has 8 unspecified atom stereocenters. The summed E-state index contributed by atoms with van der Waals surface area (Å²) in [7, 11) is 0. The summed E-state index contributed by atoms with van der Waals surface area (Å²) in [5, 5.41) is 34.4. The number of rotatable bonds is 18. The number of ketones is 1. The summed E-state index contributed by atoms with van der Waals surface area (Å²) in [5.74, 6) is 0.244. The molecule has 6 nitrogen and oxygen atoms in total. The standard InChI is InChI=1S/C37H62O6/c1-6-7-8-9-10-11-12-13-14-15-16-17-18-19-20-42-43-34-27(3)24-36-23-26(2)21-30-31(35(30,4)5)29(33(36)40)22-28(25-38)32(39)37(34,36)41/h22,24,26,29-32,34,38-39,41H,6-21,23,25H2,1-5H3. The van der Waals surface area contributed by atoms with E-state index >= 15 is 0 Å². The van der Waals surface area contributed by atoms with Crippen LogP contribution < -0.4 is 0 Å². The first kappa shape index (κ1) is 34.8. The fraction of sp³-hybridized carbons (Fsp3) is 0.865. The second kappa shape index (κ2) is 15.0. The molecule has 0 aromatic heterocycles. The van der Waals surface area contributed by atoms with Gasteiger partial charge in [0.2, 0.25) is 0 Å². The van der Waals surface area contributed by atoms with Crippen molar-refractivity contribution in [3.63, 3.8) is 0 Å². The first-order valence-corrected chi connectivity index (χ1v) is 17.8. The van der Waals surface area contributed by atoms with Gasteiger partial charge in [-0.2, -0.15) is 0 Å². The van der Waals surface area contributed by atoms with Gasteiger partial charge in [-0.05, 0) is 60.5 Å². The number of unbranched alkanes of at least 4 members (excludes halogenated alkanes) is 13. The highest BCUT2D eigenvalue weighted by Gasteiger charge is 2.73. The fourth-order valence-electron chi connectivity index (χ4n) is 9.16. The molecule has 4 aliphatic rings. The normalized spacial score (nSPS) is 36.2. The molecule has 2 saturated carbocycles. The van der Waals surface area contributed by atoms with Gasteiger partial charge in [0.15, 0.2) is 5.78 Å². The Hall–Kier alpha value is -1.05. The maximum Gasteiger partial charge on any atom is 0.153 e. The van der Waals surface area contributed by atoms with Crippen LogP contribution in [0, 0.1) is 34.5 Å². The fourth-order valence-corrected chi connectivity index (χ4v) is 9.16.